The van der Waals surface area contributed by atoms with Gasteiger partial charge in [-0.25, -0.2) is 4.79 Å². The van der Waals surface area contributed by atoms with Crippen LogP contribution in [0.15, 0.2) is 81.5 Å². The Hall–Kier alpha value is -3.95. The van der Waals surface area contributed by atoms with Gasteiger partial charge in [0.2, 0.25) is 5.91 Å². The number of amides is 2. The van der Waals surface area contributed by atoms with E-state index in [1.165, 1.54) is 30.2 Å². The summed E-state index contributed by atoms with van der Waals surface area (Å²) in [6, 6.07) is 14.8. The average Bonchev–Trinajstić information content (AvgIpc) is 3.08. The fraction of sp³-hybridized carbons (Fsp3) is 0.235. The lowest BCUT2D eigenvalue weighted by molar-refractivity contribution is -0.118. The van der Waals surface area contributed by atoms with Gasteiger partial charge >= 0.3 is 5.63 Å². The highest BCUT2D eigenvalue weighted by Crippen LogP contribution is 2.37. The Bertz CT molecular complexity index is 1970. The van der Waals surface area contributed by atoms with Crippen LogP contribution in [-0.2, 0) is 11.3 Å². The summed E-state index contributed by atoms with van der Waals surface area (Å²) < 4.78 is 17.7. The number of aliphatic hydroxyl groups is 2. The predicted octanol–water partition coefficient (Wildman–Crippen LogP) is 4.78. The number of ether oxygens (including phenoxy) is 2. The third-order valence-corrected chi connectivity index (χ3v) is 9.27. The first-order valence-electron chi connectivity index (χ1n) is 14.6. The molecule has 2 amide bonds. The van der Waals surface area contributed by atoms with Crippen molar-refractivity contribution in [1.82, 2.24) is 10.2 Å². The van der Waals surface area contributed by atoms with Crippen LogP contribution in [0.1, 0.15) is 32.7 Å². The summed E-state index contributed by atoms with van der Waals surface area (Å²) in [7, 11) is 1.39. The van der Waals surface area contributed by atoms with Crippen molar-refractivity contribution in [3.63, 3.8) is 0 Å². The van der Waals surface area contributed by atoms with Gasteiger partial charge in [0.15, 0.2) is 11.5 Å². The number of hydrogen-bond donors (Lipinski definition) is 3. The fourth-order valence-corrected chi connectivity index (χ4v) is 6.45. The SMILES string of the molecule is COc1cc(C=O)cc(I)c1OC1C=C(C(=O)NCCO)CC(N(Cc2ccc(Cl)c(Cl)c2)C(=O)c2cc3ccccc3oc2=O)C1O. The summed E-state index contributed by atoms with van der Waals surface area (Å²) in [4.78, 5) is 53.6. The van der Waals surface area contributed by atoms with Crippen LogP contribution in [0.3, 0.4) is 0 Å². The van der Waals surface area contributed by atoms with E-state index in [-0.39, 0.29) is 64.4 Å². The van der Waals surface area contributed by atoms with E-state index in [1.807, 2.05) is 22.6 Å². The normalized spacial score (nSPS) is 17.4. The summed E-state index contributed by atoms with van der Waals surface area (Å²) in [6.45, 7) is -0.516. The molecule has 0 spiro atoms. The number of fused-ring (bicyclic) bond motifs is 1. The molecule has 0 saturated carbocycles. The number of carbonyl (C=O) groups is 3. The number of hydrogen-bond acceptors (Lipinski definition) is 9. The van der Waals surface area contributed by atoms with Crippen molar-refractivity contribution < 1.29 is 38.5 Å². The van der Waals surface area contributed by atoms with Crippen LogP contribution in [0.4, 0.5) is 0 Å². The maximum Gasteiger partial charge on any atom is 0.349 e. The van der Waals surface area contributed by atoms with Crippen LogP contribution in [0.25, 0.3) is 11.0 Å². The highest BCUT2D eigenvalue weighted by Gasteiger charge is 2.42. The second-order valence-electron chi connectivity index (χ2n) is 10.8. The monoisotopic (exact) mass is 806 g/mol. The van der Waals surface area contributed by atoms with Gasteiger partial charge in [0, 0.05) is 36.0 Å². The van der Waals surface area contributed by atoms with Gasteiger partial charge < -0.3 is 34.3 Å². The van der Waals surface area contributed by atoms with Crippen LogP contribution in [0.2, 0.25) is 10.0 Å². The number of aliphatic hydroxyl groups excluding tert-OH is 2. The smallest absolute Gasteiger partial charge is 0.349 e. The molecule has 1 aliphatic rings. The molecule has 0 saturated heterocycles. The Kier molecular flexibility index (Phi) is 11.4. The van der Waals surface area contributed by atoms with Crippen LogP contribution in [0, 0.1) is 3.57 Å². The number of benzene rings is 3. The van der Waals surface area contributed by atoms with E-state index in [0.29, 0.717) is 26.4 Å². The third-order valence-electron chi connectivity index (χ3n) is 7.73. The molecule has 4 aromatic rings. The predicted molar refractivity (Wildman–Crippen MR) is 187 cm³/mol. The molecule has 5 rings (SSSR count). The molecule has 48 heavy (non-hydrogen) atoms. The van der Waals surface area contributed by atoms with Crippen LogP contribution in [-0.4, -0.2) is 71.7 Å². The average molecular weight is 807 g/mol. The van der Waals surface area contributed by atoms with Crippen LogP contribution < -0.4 is 20.4 Å². The van der Waals surface area contributed by atoms with E-state index in [2.05, 4.69) is 5.32 Å². The Balaban J connectivity index is 1.62. The maximum absolute atomic E-state index is 14.4. The fourth-order valence-electron chi connectivity index (χ4n) is 5.38. The summed E-state index contributed by atoms with van der Waals surface area (Å²) in [5, 5.41) is 24.9. The van der Waals surface area contributed by atoms with Gasteiger partial charge in [-0.2, -0.15) is 0 Å². The number of para-hydroxylation sites is 1. The number of aldehydes is 1. The number of methoxy groups -OCH3 is 1. The largest absolute Gasteiger partial charge is 0.493 e. The van der Waals surface area contributed by atoms with Crippen molar-refractivity contribution in [1.29, 1.82) is 0 Å². The molecule has 1 aromatic heterocycles. The lowest BCUT2D eigenvalue weighted by Crippen LogP contribution is -2.55. The van der Waals surface area contributed by atoms with E-state index >= 15 is 0 Å². The molecule has 1 heterocycles. The summed E-state index contributed by atoms with van der Waals surface area (Å²) in [5.74, 6) is -0.935. The van der Waals surface area contributed by atoms with Crippen molar-refractivity contribution in [2.24, 2.45) is 0 Å². The van der Waals surface area contributed by atoms with Gasteiger partial charge in [0.1, 0.15) is 29.6 Å². The Morgan fingerprint density at radius 1 is 1.12 bits per heavy atom. The van der Waals surface area contributed by atoms with Gasteiger partial charge in [-0.3, -0.25) is 14.4 Å². The number of nitrogens with one attached hydrogen (secondary N) is 1. The molecule has 1 aliphatic carbocycles. The van der Waals surface area contributed by atoms with Crippen molar-refractivity contribution in [3.8, 4) is 11.5 Å². The Morgan fingerprint density at radius 2 is 1.90 bits per heavy atom. The van der Waals surface area contributed by atoms with Crippen molar-refractivity contribution in [2.45, 2.75) is 31.2 Å². The number of rotatable bonds is 11. The second kappa shape index (κ2) is 15.5. The number of halogens is 3. The first-order valence-corrected chi connectivity index (χ1v) is 16.4. The Morgan fingerprint density at radius 3 is 2.60 bits per heavy atom. The lowest BCUT2D eigenvalue weighted by Gasteiger charge is -2.40. The molecule has 3 unspecified atom stereocenters. The van der Waals surface area contributed by atoms with Gasteiger partial charge in [-0.15, -0.1) is 0 Å². The zero-order valence-electron chi connectivity index (χ0n) is 25.3. The second-order valence-corrected chi connectivity index (χ2v) is 12.8. The van der Waals surface area contributed by atoms with Crippen LogP contribution >= 0.6 is 45.8 Å². The first-order chi connectivity index (χ1) is 23.0. The Labute approximate surface area is 298 Å². The molecule has 14 heteroatoms. The maximum atomic E-state index is 14.4. The van der Waals surface area contributed by atoms with E-state index < -0.39 is 35.7 Å². The van der Waals surface area contributed by atoms with E-state index in [9.17, 15) is 29.4 Å². The minimum absolute atomic E-state index is 0.0438. The molecule has 0 bridgehead atoms. The van der Waals surface area contributed by atoms with Crippen molar-refractivity contribution in [2.75, 3.05) is 20.3 Å². The number of carbonyl (C=O) groups excluding carboxylic acids is 3. The molecule has 0 fully saturated rings. The molecule has 3 N–H and O–H groups in total. The van der Waals surface area contributed by atoms with E-state index in [4.69, 9.17) is 37.1 Å². The summed E-state index contributed by atoms with van der Waals surface area (Å²) in [6.07, 6.45) is -0.740. The molecule has 3 aromatic carbocycles. The van der Waals surface area contributed by atoms with Gasteiger partial charge in [0.25, 0.3) is 5.91 Å². The minimum atomic E-state index is -1.45. The van der Waals surface area contributed by atoms with Gasteiger partial charge in [0.05, 0.1) is 33.4 Å². The van der Waals surface area contributed by atoms with Crippen LogP contribution in [0.5, 0.6) is 11.5 Å². The highest BCUT2D eigenvalue weighted by atomic mass is 127. The molecule has 250 valence electrons. The van der Waals surface area contributed by atoms with Gasteiger partial charge in [-0.05, 0) is 70.6 Å². The third kappa shape index (κ3) is 7.68. The first kappa shape index (κ1) is 35.4. The molecule has 11 nitrogen and oxygen atoms in total. The van der Waals surface area contributed by atoms with Gasteiger partial charge in [-0.1, -0.05) is 47.5 Å². The quantitative estimate of drug-likeness (QED) is 0.110. The summed E-state index contributed by atoms with van der Waals surface area (Å²) >= 11 is 14.4. The van der Waals surface area contributed by atoms with Crippen molar-refractivity contribution in [3.05, 3.63) is 113 Å². The molecule has 0 aliphatic heterocycles. The minimum Gasteiger partial charge on any atom is -0.493 e. The zero-order valence-corrected chi connectivity index (χ0v) is 29.0. The lowest BCUT2D eigenvalue weighted by atomic mass is 9.87. The zero-order chi connectivity index (χ0) is 34.5. The molecule has 0 radical (unpaired) electrons. The molecular weight excluding hydrogens is 778 g/mol. The van der Waals surface area contributed by atoms with E-state index in [0.717, 1.165) is 0 Å². The molecule has 3 atom stereocenters. The highest BCUT2D eigenvalue weighted by molar-refractivity contribution is 14.1. The topological polar surface area (TPSA) is 156 Å². The summed E-state index contributed by atoms with van der Waals surface area (Å²) in [5.41, 5.74) is 0.116. The van der Waals surface area contributed by atoms with Crippen molar-refractivity contribution >= 4 is 74.9 Å². The number of nitrogens with zero attached hydrogens (tertiary/aromatic N) is 1. The standard InChI is InChI=1S/C34H29Cl2IN2O9/c1-46-29-12-19(17-41)11-25(37)31(29)47-28-15-21(32(43)38-8-9-40)14-26(30(28)42)39(16-18-6-7-23(35)24(36)10-18)33(44)22-13-20-4-2-3-5-27(20)48-34(22)45/h2-7,10-13,15,17,26,28,30,40,42H,8-9,14,16H2,1H3,(H,38,43). The van der Waals surface area contributed by atoms with E-state index in [1.54, 1.807) is 48.5 Å². The molecular formula is C34H29Cl2IN2O9.